The molecule has 1 aromatic rings. The van der Waals surface area contributed by atoms with Crippen molar-refractivity contribution in [2.75, 3.05) is 25.0 Å². The molecule has 1 fully saturated rings. The summed E-state index contributed by atoms with van der Waals surface area (Å²) in [7, 11) is 0. The lowest BCUT2D eigenvalue weighted by Gasteiger charge is -2.30. The molecule has 0 saturated carbocycles. The average Bonchev–Trinajstić information content (AvgIpc) is 2.62. The molecule has 2 rings (SSSR count). The van der Waals surface area contributed by atoms with Gasteiger partial charge in [0.2, 0.25) is 5.91 Å². The first kappa shape index (κ1) is 22.5. The molecule has 1 saturated heterocycles. The number of anilines is 1. The van der Waals surface area contributed by atoms with Crippen LogP contribution in [0.4, 0.5) is 5.69 Å². The van der Waals surface area contributed by atoms with Crippen LogP contribution >= 0.6 is 12.4 Å². The summed E-state index contributed by atoms with van der Waals surface area (Å²) in [6, 6.07) is 7.32. The molecule has 146 valence electrons. The van der Waals surface area contributed by atoms with E-state index in [2.05, 4.69) is 12.2 Å². The highest BCUT2D eigenvalue weighted by atomic mass is 35.5. The topological polar surface area (TPSA) is 75.4 Å². The SMILES string of the molecule is CC1CCN(C(=O)c2ccccc2NC(=O)CCCCCCN)CC1.Cl. The summed E-state index contributed by atoms with van der Waals surface area (Å²) in [4.78, 5) is 26.9. The Hall–Kier alpha value is -1.59. The number of amides is 2. The van der Waals surface area contributed by atoms with Gasteiger partial charge in [-0.2, -0.15) is 0 Å². The number of carbonyl (C=O) groups is 2. The van der Waals surface area contributed by atoms with Crippen molar-refractivity contribution in [3.05, 3.63) is 29.8 Å². The van der Waals surface area contributed by atoms with E-state index in [4.69, 9.17) is 5.73 Å². The molecule has 2 amide bonds. The smallest absolute Gasteiger partial charge is 0.255 e. The summed E-state index contributed by atoms with van der Waals surface area (Å²) >= 11 is 0. The summed E-state index contributed by atoms with van der Waals surface area (Å²) in [5, 5.41) is 2.92. The molecule has 5 nitrogen and oxygen atoms in total. The highest BCUT2D eigenvalue weighted by molar-refractivity contribution is 6.03. The van der Waals surface area contributed by atoms with Crippen LogP contribution in [0.1, 0.15) is 62.2 Å². The molecule has 0 bridgehead atoms. The second-order valence-electron chi connectivity index (χ2n) is 7.02. The second-order valence-corrected chi connectivity index (χ2v) is 7.02. The zero-order valence-corrected chi connectivity index (χ0v) is 16.5. The van der Waals surface area contributed by atoms with E-state index in [-0.39, 0.29) is 24.2 Å². The first-order chi connectivity index (χ1) is 12.1. The van der Waals surface area contributed by atoms with Crippen molar-refractivity contribution in [1.82, 2.24) is 4.90 Å². The van der Waals surface area contributed by atoms with Crippen molar-refractivity contribution in [2.45, 2.75) is 51.9 Å². The molecular weight excluding hydrogens is 350 g/mol. The lowest BCUT2D eigenvalue weighted by molar-refractivity contribution is -0.116. The minimum absolute atomic E-state index is 0. The predicted molar refractivity (Wildman–Crippen MR) is 109 cm³/mol. The maximum Gasteiger partial charge on any atom is 0.255 e. The number of nitrogens with one attached hydrogen (secondary N) is 1. The quantitative estimate of drug-likeness (QED) is 0.672. The molecule has 6 heteroatoms. The van der Waals surface area contributed by atoms with Gasteiger partial charge in [0.15, 0.2) is 0 Å². The van der Waals surface area contributed by atoms with Gasteiger partial charge in [0, 0.05) is 19.5 Å². The van der Waals surface area contributed by atoms with Gasteiger partial charge in [-0.15, -0.1) is 12.4 Å². The van der Waals surface area contributed by atoms with Crippen LogP contribution in [-0.4, -0.2) is 36.3 Å². The lowest BCUT2D eigenvalue weighted by Crippen LogP contribution is -2.38. The number of carbonyl (C=O) groups excluding carboxylic acids is 2. The number of unbranched alkanes of at least 4 members (excludes halogenated alkanes) is 3. The Morgan fingerprint density at radius 2 is 1.77 bits per heavy atom. The van der Waals surface area contributed by atoms with Gasteiger partial charge in [-0.1, -0.05) is 31.9 Å². The van der Waals surface area contributed by atoms with Crippen molar-refractivity contribution < 1.29 is 9.59 Å². The number of piperidine rings is 1. The zero-order chi connectivity index (χ0) is 18.1. The highest BCUT2D eigenvalue weighted by Gasteiger charge is 2.23. The van der Waals surface area contributed by atoms with Crippen LogP contribution in [0.25, 0.3) is 0 Å². The van der Waals surface area contributed by atoms with E-state index >= 15 is 0 Å². The first-order valence-corrected chi connectivity index (χ1v) is 9.50. The van der Waals surface area contributed by atoms with Gasteiger partial charge in [0.25, 0.3) is 5.91 Å². The van der Waals surface area contributed by atoms with Crippen molar-refractivity contribution in [1.29, 1.82) is 0 Å². The normalized spacial score (nSPS) is 14.6. The third kappa shape index (κ3) is 6.96. The summed E-state index contributed by atoms with van der Waals surface area (Å²) in [6.07, 6.45) is 6.50. The second kappa shape index (κ2) is 11.9. The summed E-state index contributed by atoms with van der Waals surface area (Å²) in [5.41, 5.74) is 6.69. The number of halogens is 1. The number of hydrogen-bond acceptors (Lipinski definition) is 3. The maximum absolute atomic E-state index is 12.8. The number of benzene rings is 1. The molecule has 1 aliphatic rings. The van der Waals surface area contributed by atoms with E-state index in [1.807, 2.05) is 23.1 Å². The monoisotopic (exact) mass is 381 g/mol. The molecule has 1 heterocycles. The Morgan fingerprint density at radius 3 is 2.46 bits per heavy atom. The highest BCUT2D eigenvalue weighted by Crippen LogP contribution is 2.22. The largest absolute Gasteiger partial charge is 0.339 e. The number of para-hydroxylation sites is 1. The molecule has 3 N–H and O–H groups in total. The fourth-order valence-corrected chi connectivity index (χ4v) is 3.16. The predicted octanol–water partition coefficient (Wildman–Crippen LogP) is 3.83. The summed E-state index contributed by atoms with van der Waals surface area (Å²) in [6.45, 7) is 4.52. The molecule has 0 aromatic heterocycles. The fraction of sp³-hybridized carbons (Fsp3) is 0.600. The number of rotatable bonds is 8. The van der Waals surface area contributed by atoms with Crippen molar-refractivity contribution in [2.24, 2.45) is 11.7 Å². The standard InChI is InChI=1S/C20H31N3O2.ClH/c1-16-11-14-23(15-12-16)20(25)17-8-5-6-9-18(17)22-19(24)10-4-2-3-7-13-21;/h5-6,8-9,16H,2-4,7,10-15,21H2,1H3,(H,22,24);1H. The van der Waals surface area contributed by atoms with Crippen LogP contribution in [0, 0.1) is 5.92 Å². The Labute approximate surface area is 163 Å². The molecule has 0 unspecified atom stereocenters. The number of likely N-dealkylation sites (tertiary alicyclic amines) is 1. The van der Waals surface area contributed by atoms with E-state index < -0.39 is 0 Å². The zero-order valence-electron chi connectivity index (χ0n) is 15.7. The van der Waals surface area contributed by atoms with Crippen LogP contribution in [0.3, 0.4) is 0 Å². The van der Waals surface area contributed by atoms with Crippen molar-refractivity contribution >= 4 is 29.9 Å². The van der Waals surface area contributed by atoms with Crippen LogP contribution in [0.15, 0.2) is 24.3 Å². The van der Waals surface area contributed by atoms with Gasteiger partial charge in [-0.05, 0) is 50.3 Å². The lowest BCUT2D eigenvalue weighted by atomic mass is 9.98. The molecular formula is C20H32ClN3O2. The molecule has 0 aliphatic carbocycles. The Balaban J connectivity index is 0.00000338. The van der Waals surface area contributed by atoms with E-state index in [1.54, 1.807) is 6.07 Å². The van der Waals surface area contributed by atoms with Crippen LogP contribution < -0.4 is 11.1 Å². The van der Waals surface area contributed by atoms with Crippen LogP contribution in [-0.2, 0) is 4.79 Å². The molecule has 1 aromatic carbocycles. The van der Waals surface area contributed by atoms with Crippen molar-refractivity contribution in [3.8, 4) is 0 Å². The van der Waals surface area contributed by atoms with Gasteiger partial charge in [-0.3, -0.25) is 9.59 Å². The molecule has 26 heavy (non-hydrogen) atoms. The van der Waals surface area contributed by atoms with Gasteiger partial charge in [-0.25, -0.2) is 0 Å². The fourth-order valence-electron chi connectivity index (χ4n) is 3.16. The molecule has 0 radical (unpaired) electrons. The third-order valence-corrected chi connectivity index (χ3v) is 4.86. The first-order valence-electron chi connectivity index (χ1n) is 9.50. The number of nitrogens with two attached hydrogens (primary N) is 1. The Morgan fingerprint density at radius 1 is 1.12 bits per heavy atom. The molecule has 1 aliphatic heterocycles. The van der Waals surface area contributed by atoms with Gasteiger partial charge >= 0.3 is 0 Å². The molecule has 0 spiro atoms. The van der Waals surface area contributed by atoms with E-state index in [0.29, 0.717) is 30.1 Å². The van der Waals surface area contributed by atoms with Gasteiger partial charge in [0.1, 0.15) is 0 Å². The third-order valence-electron chi connectivity index (χ3n) is 4.86. The van der Waals surface area contributed by atoms with Gasteiger partial charge in [0.05, 0.1) is 11.3 Å². The van der Waals surface area contributed by atoms with Gasteiger partial charge < -0.3 is 16.0 Å². The summed E-state index contributed by atoms with van der Waals surface area (Å²) in [5.74, 6) is 0.671. The summed E-state index contributed by atoms with van der Waals surface area (Å²) < 4.78 is 0. The minimum Gasteiger partial charge on any atom is -0.339 e. The molecule has 0 atom stereocenters. The number of nitrogens with zero attached hydrogens (tertiary/aromatic N) is 1. The van der Waals surface area contributed by atoms with E-state index in [1.165, 1.54) is 0 Å². The maximum atomic E-state index is 12.8. The van der Waals surface area contributed by atoms with Crippen molar-refractivity contribution in [3.63, 3.8) is 0 Å². The van der Waals surface area contributed by atoms with E-state index in [9.17, 15) is 9.59 Å². The minimum atomic E-state index is -0.0275. The Kier molecular flexibility index (Phi) is 10.3. The van der Waals surface area contributed by atoms with E-state index in [0.717, 1.165) is 51.6 Å². The van der Waals surface area contributed by atoms with Crippen LogP contribution in [0.2, 0.25) is 0 Å². The Bertz CT molecular complexity index is 572. The number of hydrogen-bond donors (Lipinski definition) is 2. The van der Waals surface area contributed by atoms with Crippen LogP contribution in [0.5, 0.6) is 0 Å². The average molecular weight is 382 g/mol.